The van der Waals surface area contributed by atoms with E-state index >= 15 is 0 Å². The third kappa shape index (κ3) is 4.35. The fourth-order valence-electron chi connectivity index (χ4n) is 4.40. The topological polar surface area (TPSA) is 90.4 Å². The van der Waals surface area contributed by atoms with Gasteiger partial charge in [0.25, 0.3) is 0 Å². The van der Waals surface area contributed by atoms with Crippen molar-refractivity contribution >= 4 is 9.84 Å². The molecule has 7 nitrogen and oxygen atoms in total. The zero-order valence-electron chi connectivity index (χ0n) is 15.1. The van der Waals surface area contributed by atoms with Crippen LogP contribution in [0.15, 0.2) is 17.4 Å². The van der Waals surface area contributed by atoms with Gasteiger partial charge in [0, 0.05) is 18.3 Å². The lowest BCUT2D eigenvalue weighted by atomic mass is 9.94. The molecule has 3 fully saturated rings. The van der Waals surface area contributed by atoms with Crippen LogP contribution in [0.3, 0.4) is 0 Å². The standard InChI is InChI=1S/C18H27N3O4S/c1-26(22,23)18-11-19-17(10-20-18)25-15-6-4-14(5-7-15)24-16-8-12-2-3-13(9-16)21-12/h10-16,21H,2-9H2,1H3/t12-,13+,14?,15?,16?. The van der Waals surface area contributed by atoms with E-state index in [2.05, 4.69) is 15.3 Å². The SMILES string of the molecule is CS(=O)(=O)c1cnc(OC2CCC(OC3C[C@H]4CC[C@@H](C3)N4)CC2)cn1. The highest BCUT2D eigenvalue weighted by molar-refractivity contribution is 7.90. The number of sulfone groups is 1. The lowest BCUT2D eigenvalue weighted by Gasteiger charge is -2.35. The maximum absolute atomic E-state index is 11.4. The van der Waals surface area contributed by atoms with E-state index in [4.69, 9.17) is 9.47 Å². The summed E-state index contributed by atoms with van der Waals surface area (Å²) in [5.74, 6) is 0.386. The lowest BCUT2D eigenvalue weighted by molar-refractivity contribution is -0.0617. The van der Waals surface area contributed by atoms with Crippen molar-refractivity contribution in [1.82, 2.24) is 15.3 Å². The average molecular weight is 381 g/mol. The maximum atomic E-state index is 11.4. The Morgan fingerprint density at radius 3 is 2.15 bits per heavy atom. The van der Waals surface area contributed by atoms with Gasteiger partial charge in [-0.3, -0.25) is 0 Å². The summed E-state index contributed by atoms with van der Waals surface area (Å²) >= 11 is 0. The average Bonchev–Trinajstić information content (AvgIpc) is 2.95. The van der Waals surface area contributed by atoms with Crippen molar-refractivity contribution in [2.24, 2.45) is 0 Å². The number of fused-ring (bicyclic) bond motifs is 2. The molecule has 8 heteroatoms. The molecule has 1 saturated carbocycles. The molecule has 2 aliphatic heterocycles. The first kappa shape index (κ1) is 18.1. The zero-order chi connectivity index (χ0) is 18.1. The first-order chi connectivity index (χ1) is 12.5. The molecule has 2 bridgehead atoms. The van der Waals surface area contributed by atoms with E-state index in [1.807, 2.05) is 0 Å². The third-order valence-electron chi connectivity index (χ3n) is 5.71. The van der Waals surface area contributed by atoms with Gasteiger partial charge in [-0.15, -0.1) is 0 Å². The van der Waals surface area contributed by atoms with Crippen LogP contribution in [-0.4, -0.2) is 55.0 Å². The number of rotatable bonds is 5. The molecule has 144 valence electrons. The van der Waals surface area contributed by atoms with Crippen molar-refractivity contribution in [3.63, 3.8) is 0 Å². The molecule has 1 N–H and O–H groups in total. The Morgan fingerprint density at radius 1 is 0.923 bits per heavy atom. The number of nitrogens with one attached hydrogen (secondary N) is 1. The van der Waals surface area contributed by atoms with Gasteiger partial charge >= 0.3 is 0 Å². The summed E-state index contributed by atoms with van der Waals surface area (Å²) in [6, 6.07) is 1.32. The molecular formula is C18H27N3O4S. The van der Waals surface area contributed by atoms with Gasteiger partial charge in [0.05, 0.1) is 24.6 Å². The Hall–Kier alpha value is -1.25. The third-order valence-corrected chi connectivity index (χ3v) is 6.68. The minimum Gasteiger partial charge on any atom is -0.473 e. The summed E-state index contributed by atoms with van der Waals surface area (Å²) in [6.07, 6.45) is 13.3. The summed E-state index contributed by atoms with van der Waals surface area (Å²) < 4.78 is 35.1. The largest absolute Gasteiger partial charge is 0.473 e. The molecule has 4 rings (SSSR count). The molecule has 1 aromatic rings. The van der Waals surface area contributed by atoms with Gasteiger partial charge in [-0.2, -0.15) is 0 Å². The van der Waals surface area contributed by atoms with Crippen molar-refractivity contribution in [2.75, 3.05) is 6.26 Å². The van der Waals surface area contributed by atoms with E-state index in [9.17, 15) is 8.42 Å². The van der Waals surface area contributed by atoms with Crippen LogP contribution in [0.2, 0.25) is 0 Å². The van der Waals surface area contributed by atoms with E-state index in [-0.39, 0.29) is 11.1 Å². The van der Waals surface area contributed by atoms with Crippen molar-refractivity contribution in [3.05, 3.63) is 12.4 Å². The smallest absolute Gasteiger partial charge is 0.232 e. The lowest BCUT2D eigenvalue weighted by Crippen LogP contribution is -2.43. The fraction of sp³-hybridized carbons (Fsp3) is 0.778. The van der Waals surface area contributed by atoms with Gasteiger partial charge in [-0.1, -0.05) is 0 Å². The number of aromatic nitrogens is 2. The Morgan fingerprint density at radius 2 is 1.58 bits per heavy atom. The van der Waals surface area contributed by atoms with E-state index in [1.165, 1.54) is 25.2 Å². The molecule has 0 spiro atoms. The number of nitrogens with zero attached hydrogens (tertiary/aromatic N) is 2. The Labute approximate surface area is 154 Å². The van der Waals surface area contributed by atoms with Gasteiger partial charge in [0.2, 0.25) is 5.88 Å². The second kappa shape index (κ2) is 7.40. The highest BCUT2D eigenvalue weighted by Gasteiger charge is 2.35. The molecule has 1 aliphatic carbocycles. The van der Waals surface area contributed by atoms with Crippen molar-refractivity contribution < 1.29 is 17.9 Å². The monoisotopic (exact) mass is 381 g/mol. The molecule has 3 atom stereocenters. The predicted octanol–water partition coefficient (Wildman–Crippen LogP) is 1.87. The van der Waals surface area contributed by atoms with Crippen LogP contribution < -0.4 is 10.1 Å². The summed E-state index contributed by atoms with van der Waals surface area (Å²) in [7, 11) is -3.33. The molecule has 26 heavy (non-hydrogen) atoms. The summed E-state index contributed by atoms with van der Waals surface area (Å²) in [4.78, 5) is 8.00. The van der Waals surface area contributed by atoms with E-state index in [1.54, 1.807) is 0 Å². The Balaban J connectivity index is 1.23. The van der Waals surface area contributed by atoms with Crippen molar-refractivity contribution in [1.29, 1.82) is 0 Å². The molecule has 0 amide bonds. The van der Waals surface area contributed by atoms with Gasteiger partial charge in [-0.25, -0.2) is 18.4 Å². The minimum absolute atomic E-state index is 0.0297. The van der Waals surface area contributed by atoms with Gasteiger partial charge in [0.1, 0.15) is 6.10 Å². The zero-order valence-corrected chi connectivity index (χ0v) is 16.0. The normalized spacial score (nSPS) is 34.6. The summed E-state index contributed by atoms with van der Waals surface area (Å²) in [5, 5.41) is 3.62. The molecule has 0 aromatic carbocycles. The van der Waals surface area contributed by atoms with Gasteiger partial charge in [-0.05, 0) is 51.4 Å². The highest BCUT2D eigenvalue weighted by Crippen LogP contribution is 2.32. The molecular weight excluding hydrogens is 354 g/mol. The molecule has 3 aliphatic rings. The molecule has 3 heterocycles. The minimum atomic E-state index is -3.33. The molecule has 0 radical (unpaired) electrons. The van der Waals surface area contributed by atoms with E-state index in [0.29, 0.717) is 30.2 Å². The number of piperidine rings is 1. The van der Waals surface area contributed by atoms with Crippen LogP contribution in [0.1, 0.15) is 51.4 Å². The Kier molecular flexibility index (Phi) is 5.16. The van der Waals surface area contributed by atoms with E-state index in [0.717, 1.165) is 44.8 Å². The van der Waals surface area contributed by atoms with Crippen LogP contribution >= 0.6 is 0 Å². The predicted molar refractivity (Wildman–Crippen MR) is 95.9 cm³/mol. The highest BCUT2D eigenvalue weighted by atomic mass is 32.2. The van der Waals surface area contributed by atoms with Crippen LogP contribution in [0.25, 0.3) is 0 Å². The van der Waals surface area contributed by atoms with E-state index < -0.39 is 9.84 Å². The van der Waals surface area contributed by atoms with Crippen LogP contribution in [0.5, 0.6) is 5.88 Å². The Bertz CT molecular complexity index is 704. The fourth-order valence-corrected chi connectivity index (χ4v) is 4.89. The first-order valence-electron chi connectivity index (χ1n) is 9.56. The van der Waals surface area contributed by atoms with Crippen LogP contribution in [0, 0.1) is 0 Å². The number of ether oxygens (including phenoxy) is 2. The van der Waals surface area contributed by atoms with Crippen molar-refractivity contribution in [2.45, 2.75) is 86.8 Å². The number of hydrogen-bond donors (Lipinski definition) is 1. The van der Waals surface area contributed by atoms with Gasteiger partial charge in [0.15, 0.2) is 14.9 Å². The van der Waals surface area contributed by atoms with Gasteiger partial charge < -0.3 is 14.8 Å². The van der Waals surface area contributed by atoms with Crippen molar-refractivity contribution in [3.8, 4) is 5.88 Å². The summed E-state index contributed by atoms with van der Waals surface area (Å²) in [5.41, 5.74) is 0. The molecule has 2 saturated heterocycles. The molecule has 1 aromatic heterocycles. The summed E-state index contributed by atoms with van der Waals surface area (Å²) in [6.45, 7) is 0. The van der Waals surface area contributed by atoms with Crippen LogP contribution in [0.4, 0.5) is 0 Å². The second-order valence-corrected chi connectivity index (χ2v) is 9.81. The first-order valence-corrected chi connectivity index (χ1v) is 11.4. The quantitative estimate of drug-likeness (QED) is 0.832. The second-order valence-electron chi connectivity index (χ2n) is 7.85. The molecule has 1 unspecified atom stereocenters. The van der Waals surface area contributed by atoms with Crippen LogP contribution in [-0.2, 0) is 14.6 Å². The number of hydrogen-bond acceptors (Lipinski definition) is 7. The maximum Gasteiger partial charge on any atom is 0.232 e.